The van der Waals surface area contributed by atoms with Crippen LogP contribution < -0.4 is 10.6 Å². The normalized spacial score (nSPS) is 19.1. The third-order valence-corrected chi connectivity index (χ3v) is 6.79. The number of aromatic nitrogens is 10. The third-order valence-electron chi connectivity index (χ3n) is 6.79. The van der Waals surface area contributed by atoms with Crippen molar-refractivity contribution in [1.82, 2.24) is 49.3 Å². The van der Waals surface area contributed by atoms with E-state index in [-0.39, 0.29) is 29.7 Å². The molecule has 226 valence electrons. The van der Waals surface area contributed by atoms with Crippen molar-refractivity contribution in [3.63, 3.8) is 0 Å². The van der Waals surface area contributed by atoms with E-state index >= 15 is 0 Å². The molecular formula is C26H38N12O4. The zero-order valence-corrected chi connectivity index (χ0v) is 24.7. The van der Waals surface area contributed by atoms with E-state index in [0.29, 0.717) is 48.9 Å². The molecule has 0 radical (unpaired) electrons. The molecule has 0 spiro atoms. The van der Waals surface area contributed by atoms with Crippen molar-refractivity contribution in [1.29, 1.82) is 0 Å². The molecule has 0 bridgehead atoms. The van der Waals surface area contributed by atoms with Crippen LogP contribution >= 0.6 is 0 Å². The van der Waals surface area contributed by atoms with Gasteiger partial charge in [0.05, 0.1) is 24.7 Å². The first-order chi connectivity index (χ1) is 20.0. The number of aliphatic hydroxyl groups excluding tert-OH is 1. The fourth-order valence-corrected chi connectivity index (χ4v) is 4.58. The minimum atomic E-state index is -1.05. The van der Waals surface area contributed by atoms with Gasteiger partial charge in [0.1, 0.15) is 6.10 Å². The summed E-state index contributed by atoms with van der Waals surface area (Å²) in [5.41, 5.74) is 1.87. The number of fused-ring (bicyclic) bond motifs is 1. The van der Waals surface area contributed by atoms with Gasteiger partial charge in [-0.05, 0) is 30.9 Å². The molecule has 5 heterocycles. The number of nitrogens with zero attached hydrogens (tertiary/aromatic N) is 10. The Bertz CT molecular complexity index is 1520. The van der Waals surface area contributed by atoms with Crippen LogP contribution in [0.5, 0.6) is 0 Å². The van der Waals surface area contributed by atoms with E-state index in [1.165, 1.54) is 4.80 Å². The molecule has 3 atom stereocenters. The van der Waals surface area contributed by atoms with E-state index < -0.39 is 18.4 Å². The van der Waals surface area contributed by atoms with Gasteiger partial charge in [0, 0.05) is 32.8 Å². The summed E-state index contributed by atoms with van der Waals surface area (Å²) >= 11 is 0. The summed E-state index contributed by atoms with van der Waals surface area (Å²) < 4.78 is 14.7. The highest BCUT2D eigenvalue weighted by Crippen LogP contribution is 2.36. The maximum Gasteiger partial charge on any atom is 0.293 e. The quantitative estimate of drug-likeness (QED) is 0.205. The number of aryl methyl sites for hydroxylation is 1. The van der Waals surface area contributed by atoms with E-state index in [1.807, 2.05) is 31.7 Å². The zero-order valence-electron chi connectivity index (χ0n) is 24.7. The Morgan fingerprint density at radius 2 is 2.02 bits per heavy atom. The Morgan fingerprint density at radius 1 is 1.21 bits per heavy atom. The molecule has 0 unspecified atom stereocenters. The summed E-state index contributed by atoms with van der Waals surface area (Å²) in [7, 11) is 1.92. The molecule has 1 saturated heterocycles. The van der Waals surface area contributed by atoms with Gasteiger partial charge < -0.3 is 29.8 Å². The summed E-state index contributed by atoms with van der Waals surface area (Å²) in [6.45, 7) is 11.8. The van der Waals surface area contributed by atoms with Gasteiger partial charge >= 0.3 is 0 Å². The second-order valence-electron chi connectivity index (χ2n) is 11.8. The molecule has 0 saturated carbocycles. The van der Waals surface area contributed by atoms with Crippen LogP contribution in [0.4, 0.5) is 11.8 Å². The van der Waals surface area contributed by atoms with E-state index in [9.17, 15) is 9.90 Å². The van der Waals surface area contributed by atoms with E-state index in [4.69, 9.17) is 24.4 Å². The topological polar surface area (TPSA) is 185 Å². The number of carbonyl (C=O) groups excluding carboxylic acids is 1. The van der Waals surface area contributed by atoms with E-state index in [1.54, 1.807) is 10.9 Å². The molecule has 1 aliphatic rings. The standard InChI is InChI=1S/C26H38N12O4/c1-15(2)38-34-21(33-35-38)23-30-18-20(27-10-8-26(3,4)5)31-25(28-9-7-16-11-36(6)13-29-16)32-22(18)37(23)24-19(42-14-39)17(40)12-41-24/h11,13-15,17,19,24,40H,7-10,12H2,1-6H3,(H2,27,28,31,32)/t17-,19+,24+/m0/s1. The minimum absolute atomic E-state index is 0.0379. The molecule has 0 aromatic carbocycles. The first-order valence-corrected chi connectivity index (χ1v) is 14.0. The van der Waals surface area contributed by atoms with Crippen LogP contribution in [0.25, 0.3) is 22.8 Å². The van der Waals surface area contributed by atoms with E-state index in [2.05, 4.69) is 51.8 Å². The lowest BCUT2D eigenvalue weighted by Gasteiger charge is -2.21. The lowest BCUT2D eigenvalue weighted by atomic mass is 9.92. The Hall–Kier alpha value is -4.18. The molecule has 5 rings (SSSR count). The number of hydrogen-bond donors (Lipinski definition) is 3. The number of hydrogen-bond acceptors (Lipinski definition) is 13. The molecule has 1 fully saturated rings. The Labute approximate surface area is 242 Å². The van der Waals surface area contributed by atoms with Crippen molar-refractivity contribution in [3.8, 4) is 11.6 Å². The van der Waals surface area contributed by atoms with Gasteiger partial charge in [0.25, 0.3) is 6.47 Å². The van der Waals surface area contributed by atoms with Gasteiger partial charge in [-0.2, -0.15) is 14.8 Å². The first-order valence-electron chi connectivity index (χ1n) is 14.0. The molecule has 1 aliphatic heterocycles. The highest BCUT2D eigenvalue weighted by molar-refractivity contribution is 5.87. The van der Waals surface area contributed by atoms with Crippen LogP contribution in [0.1, 0.15) is 59.0 Å². The van der Waals surface area contributed by atoms with Crippen molar-refractivity contribution in [2.75, 3.05) is 30.3 Å². The SMILES string of the molecule is CC(C)n1nnc(-c2nc3c(NCCC(C)(C)C)nc(NCCc4cn(C)cn4)nc3n2[C@@H]2OC[C@H](O)[C@H]2OC=O)n1. The predicted octanol–water partition coefficient (Wildman–Crippen LogP) is 1.73. The fraction of sp³-hybridized carbons (Fsp3) is 0.615. The summed E-state index contributed by atoms with van der Waals surface area (Å²) in [5.74, 6) is 1.37. The molecule has 3 N–H and O–H groups in total. The van der Waals surface area contributed by atoms with Gasteiger partial charge in [-0.3, -0.25) is 9.36 Å². The average molecular weight is 583 g/mol. The summed E-state index contributed by atoms with van der Waals surface area (Å²) in [6.07, 6.45) is 2.25. The highest BCUT2D eigenvalue weighted by atomic mass is 16.6. The maximum atomic E-state index is 11.4. The number of carbonyl (C=O) groups is 1. The van der Waals surface area contributed by atoms with Crippen LogP contribution in [0.15, 0.2) is 12.5 Å². The van der Waals surface area contributed by atoms with Gasteiger partial charge in [-0.1, -0.05) is 20.8 Å². The molecule has 4 aromatic heterocycles. The zero-order chi connectivity index (χ0) is 30.0. The molecule has 4 aromatic rings. The molecule has 16 heteroatoms. The van der Waals surface area contributed by atoms with Gasteiger partial charge in [-0.25, -0.2) is 9.97 Å². The first kappa shape index (κ1) is 29.3. The number of anilines is 2. The van der Waals surface area contributed by atoms with Gasteiger partial charge in [-0.15, -0.1) is 10.2 Å². The molecular weight excluding hydrogens is 544 g/mol. The van der Waals surface area contributed by atoms with Crippen LogP contribution in [-0.2, 0) is 27.7 Å². The van der Waals surface area contributed by atoms with Crippen molar-refractivity contribution in [2.24, 2.45) is 12.5 Å². The minimum Gasteiger partial charge on any atom is -0.457 e. The molecule has 42 heavy (non-hydrogen) atoms. The summed E-state index contributed by atoms with van der Waals surface area (Å²) in [5, 5.41) is 30.2. The van der Waals surface area contributed by atoms with Gasteiger partial charge in [0.2, 0.25) is 11.8 Å². The molecule has 16 nitrogen and oxygen atoms in total. The summed E-state index contributed by atoms with van der Waals surface area (Å²) in [4.78, 5) is 31.6. The number of rotatable bonds is 12. The van der Waals surface area contributed by atoms with E-state index in [0.717, 1.165) is 12.1 Å². The number of aliphatic hydroxyl groups is 1. The smallest absolute Gasteiger partial charge is 0.293 e. The monoisotopic (exact) mass is 582 g/mol. The predicted molar refractivity (Wildman–Crippen MR) is 152 cm³/mol. The Morgan fingerprint density at radius 3 is 2.69 bits per heavy atom. The van der Waals surface area contributed by atoms with Crippen LogP contribution in [-0.4, -0.2) is 92.8 Å². The van der Waals surface area contributed by atoms with Gasteiger partial charge in [0.15, 0.2) is 35.1 Å². The molecule has 0 amide bonds. The molecule has 0 aliphatic carbocycles. The second kappa shape index (κ2) is 12.0. The average Bonchev–Trinajstić information content (AvgIpc) is 3.71. The van der Waals surface area contributed by atoms with Crippen molar-refractivity contribution >= 4 is 29.4 Å². The van der Waals surface area contributed by atoms with Crippen molar-refractivity contribution < 1.29 is 19.4 Å². The third kappa shape index (κ3) is 6.33. The van der Waals surface area contributed by atoms with Crippen LogP contribution in [0, 0.1) is 5.41 Å². The van der Waals surface area contributed by atoms with Crippen molar-refractivity contribution in [2.45, 2.75) is 71.9 Å². The van der Waals surface area contributed by atoms with Crippen LogP contribution in [0.3, 0.4) is 0 Å². The number of tetrazole rings is 1. The van der Waals surface area contributed by atoms with Crippen LogP contribution in [0.2, 0.25) is 0 Å². The Kier molecular flexibility index (Phi) is 8.36. The summed E-state index contributed by atoms with van der Waals surface area (Å²) in [6, 6.07) is -0.0379. The second-order valence-corrected chi connectivity index (χ2v) is 11.8. The van der Waals surface area contributed by atoms with Crippen molar-refractivity contribution in [3.05, 3.63) is 18.2 Å². The Balaban J connectivity index is 1.61. The lowest BCUT2D eigenvalue weighted by Crippen LogP contribution is -2.31. The maximum absolute atomic E-state index is 11.4. The lowest BCUT2D eigenvalue weighted by molar-refractivity contribution is -0.142. The number of nitrogens with one attached hydrogen (secondary N) is 2. The fourth-order valence-electron chi connectivity index (χ4n) is 4.58. The highest BCUT2D eigenvalue weighted by Gasteiger charge is 2.42. The number of ether oxygens (including phenoxy) is 2. The largest absolute Gasteiger partial charge is 0.457 e. The number of imidazole rings is 2.